The molecule has 0 aliphatic rings. The summed E-state index contributed by atoms with van der Waals surface area (Å²) in [6.45, 7) is 5.78. The van der Waals surface area contributed by atoms with Gasteiger partial charge in [-0.1, -0.05) is 13.8 Å². The van der Waals surface area contributed by atoms with Crippen molar-refractivity contribution in [2.45, 2.75) is 26.7 Å². The van der Waals surface area contributed by atoms with Gasteiger partial charge in [-0.15, -0.1) is 11.3 Å². The third-order valence-electron chi connectivity index (χ3n) is 2.32. The maximum absolute atomic E-state index is 11.8. The van der Waals surface area contributed by atoms with Crippen molar-refractivity contribution in [2.75, 3.05) is 18.4 Å². The zero-order valence-electron chi connectivity index (χ0n) is 10.6. The van der Waals surface area contributed by atoms with E-state index in [2.05, 4.69) is 10.3 Å². The largest absolute Gasteiger partial charge is 0.480 e. The molecule has 7 heteroatoms. The van der Waals surface area contributed by atoms with Crippen molar-refractivity contribution >= 4 is 28.5 Å². The van der Waals surface area contributed by atoms with Crippen molar-refractivity contribution in [2.24, 2.45) is 0 Å². The molecule has 0 radical (unpaired) electrons. The van der Waals surface area contributed by atoms with Crippen molar-refractivity contribution in [3.8, 4) is 0 Å². The molecule has 0 atom stereocenters. The van der Waals surface area contributed by atoms with Gasteiger partial charge in [-0.05, 0) is 12.8 Å². The van der Waals surface area contributed by atoms with Crippen LogP contribution in [0.1, 0.15) is 32.4 Å². The number of carboxylic acids is 1. The van der Waals surface area contributed by atoms with Crippen molar-refractivity contribution < 1.29 is 14.7 Å². The summed E-state index contributed by atoms with van der Waals surface area (Å²) < 4.78 is 0. The van der Waals surface area contributed by atoms with E-state index >= 15 is 0 Å². The first-order valence-electron chi connectivity index (χ1n) is 5.67. The second-order valence-electron chi connectivity index (χ2n) is 4.07. The first kappa shape index (κ1) is 14.4. The number of thiazole rings is 1. The molecule has 2 amide bonds. The molecule has 1 heterocycles. The quantitative estimate of drug-likeness (QED) is 0.860. The third kappa shape index (κ3) is 3.99. The molecule has 0 aliphatic carbocycles. The Hall–Kier alpha value is -1.63. The van der Waals surface area contributed by atoms with Crippen LogP contribution in [0.5, 0.6) is 0 Å². The topological polar surface area (TPSA) is 82.5 Å². The van der Waals surface area contributed by atoms with E-state index in [9.17, 15) is 9.59 Å². The number of aromatic nitrogens is 1. The van der Waals surface area contributed by atoms with Gasteiger partial charge in [0.05, 0.1) is 5.69 Å². The number of carboxylic acid groups (broad SMARTS) is 1. The summed E-state index contributed by atoms with van der Waals surface area (Å²) in [5, 5.41) is 13.7. The molecule has 1 aromatic rings. The fraction of sp³-hybridized carbons (Fsp3) is 0.545. The number of urea groups is 1. The van der Waals surface area contributed by atoms with E-state index in [-0.39, 0.29) is 6.54 Å². The molecule has 0 bridgehead atoms. The zero-order chi connectivity index (χ0) is 13.7. The lowest BCUT2D eigenvalue weighted by atomic mass is 10.2. The maximum atomic E-state index is 11.8. The van der Waals surface area contributed by atoms with Gasteiger partial charge in [0.15, 0.2) is 5.13 Å². The van der Waals surface area contributed by atoms with Crippen LogP contribution < -0.4 is 5.32 Å². The molecule has 0 aliphatic heterocycles. The number of hydrogen-bond acceptors (Lipinski definition) is 4. The summed E-state index contributed by atoms with van der Waals surface area (Å²) in [5.74, 6) is -0.734. The Morgan fingerprint density at radius 2 is 2.22 bits per heavy atom. The maximum Gasteiger partial charge on any atom is 0.324 e. The first-order chi connectivity index (χ1) is 8.43. The average molecular weight is 271 g/mol. The summed E-state index contributed by atoms with van der Waals surface area (Å²) in [5.41, 5.74) is 0.914. The van der Waals surface area contributed by atoms with Gasteiger partial charge in [-0.2, -0.15) is 0 Å². The predicted molar refractivity (Wildman–Crippen MR) is 70.1 cm³/mol. The van der Waals surface area contributed by atoms with Crippen molar-refractivity contribution in [1.82, 2.24) is 9.88 Å². The van der Waals surface area contributed by atoms with Crippen LogP contribution in [-0.4, -0.2) is 40.1 Å². The molecule has 0 saturated carbocycles. The predicted octanol–water partition coefficient (Wildman–Crippen LogP) is 2.20. The van der Waals surface area contributed by atoms with Crippen molar-refractivity contribution in [3.63, 3.8) is 0 Å². The van der Waals surface area contributed by atoms with Crippen molar-refractivity contribution in [1.29, 1.82) is 0 Å². The van der Waals surface area contributed by atoms with Crippen molar-refractivity contribution in [3.05, 3.63) is 11.1 Å². The number of nitrogens with zero attached hydrogens (tertiary/aromatic N) is 2. The molecule has 0 aromatic carbocycles. The van der Waals surface area contributed by atoms with Crippen LogP contribution in [-0.2, 0) is 4.79 Å². The van der Waals surface area contributed by atoms with E-state index in [0.29, 0.717) is 17.6 Å². The Morgan fingerprint density at radius 3 is 2.67 bits per heavy atom. The molecular weight excluding hydrogens is 254 g/mol. The standard InChI is InChI=1S/C11H17N3O3S/c1-4-14(5-9(15)16)11(17)13-10-12-8(6-18-10)7(2)3/h6-7H,4-5H2,1-3H3,(H,15,16)(H,12,13,17). The Balaban J connectivity index is 2.64. The normalized spacial score (nSPS) is 10.4. The molecular formula is C11H17N3O3S. The molecule has 0 unspecified atom stereocenters. The van der Waals surface area contributed by atoms with E-state index in [1.807, 2.05) is 19.2 Å². The number of carbonyl (C=O) groups excluding carboxylic acids is 1. The number of hydrogen-bond donors (Lipinski definition) is 2. The van der Waals surface area contributed by atoms with Gasteiger partial charge < -0.3 is 10.0 Å². The molecule has 0 spiro atoms. The number of aliphatic carboxylic acids is 1. The highest BCUT2D eigenvalue weighted by atomic mass is 32.1. The van der Waals surface area contributed by atoms with Crippen LogP contribution in [0.2, 0.25) is 0 Å². The van der Waals surface area contributed by atoms with Gasteiger partial charge in [0, 0.05) is 11.9 Å². The van der Waals surface area contributed by atoms with E-state index in [4.69, 9.17) is 5.11 Å². The van der Waals surface area contributed by atoms with Crippen LogP contribution in [0.3, 0.4) is 0 Å². The monoisotopic (exact) mass is 271 g/mol. The minimum absolute atomic E-state index is 0.299. The lowest BCUT2D eigenvalue weighted by Crippen LogP contribution is -2.38. The molecule has 0 fully saturated rings. The Morgan fingerprint density at radius 1 is 1.56 bits per heavy atom. The number of carbonyl (C=O) groups is 2. The lowest BCUT2D eigenvalue weighted by molar-refractivity contribution is -0.137. The fourth-order valence-electron chi connectivity index (χ4n) is 1.27. The number of rotatable bonds is 5. The number of likely N-dealkylation sites (N-methyl/N-ethyl adjacent to an activating group) is 1. The summed E-state index contributed by atoms with van der Waals surface area (Å²) in [6, 6.07) is -0.440. The number of nitrogens with one attached hydrogen (secondary N) is 1. The smallest absolute Gasteiger partial charge is 0.324 e. The molecule has 6 nitrogen and oxygen atoms in total. The molecule has 1 rings (SSSR count). The van der Waals surface area contributed by atoms with Crippen LogP contribution in [0.4, 0.5) is 9.93 Å². The Kier molecular flexibility index (Phi) is 5.08. The summed E-state index contributed by atoms with van der Waals surface area (Å²) >= 11 is 1.34. The van der Waals surface area contributed by atoms with E-state index in [1.165, 1.54) is 16.2 Å². The van der Waals surface area contributed by atoms with Gasteiger partial charge in [-0.25, -0.2) is 9.78 Å². The highest BCUT2D eigenvalue weighted by Gasteiger charge is 2.16. The summed E-state index contributed by atoms with van der Waals surface area (Å²) in [7, 11) is 0. The SMILES string of the molecule is CCN(CC(=O)O)C(=O)Nc1nc(C(C)C)cs1. The molecule has 0 saturated heterocycles. The summed E-state index contributed by atoms with van der Waals surface area (Å²) in [6.07, 6.45) is 0. The van der Waals surface area contributed by atoms with E-state index in [0.717, 1.165) is 5.69 Å². The molecule has 100 valence electrons. The van der Waals surface area contributed by atoms with Gasteiger partial charge in [0.2, 0.25) is 0 Å². The second kappa shape index (κ2) is 6.34. The average Bonchev–Trinajstić information content (AvgIpc) is 2.74. The fourth-order valence-corrected chi connectivity index (χ4v) is 2.13. The zero-order valence-corrected chi connectivity index (χ0v) is 11.5. The highest BCUT2D eigenvalue weighted by Crippen LogP contribution is 2.21. The minimum atomic E-state index is -1.03. The van der Waals surface area contributed by atoms with Crippen LogP contribution >= 0.6 is 11.3 Å². The molecule has 18 heavy (non-hydrogen) atoms. The highest BCUT2D eigenvalue weighted by molar-refractivity contribution is 7.13. The van der Waals surface area contributed by atoms with E-state index in [1.54, 1.807) is 6.92 Å². The molecule has 1 aromatic heterocycles. The number of anilines is 1. The van der Waals surface area contributed by atoms with Gasteiger partial charge >= 0.3 is 12.0 Å². The Bertz CT molecular complexity index is 431. The first-order valence-corrected chi connectivity index (χ1v) is 6.55. The van der Waals surface area contributed by atoms with Gasteiger partial charge in [0.25, 0.3) is 0 Å². The lowest BCUT2D eigenvalue weighted by Gasteiger charge is -2.17. The van der Waals surface area contributed by atoms with Crippen LogP contribution in [0, 0.1) is 0 Å². The van der Waals surface area contributed by atoms with Gasteiger partial charge in [-0.3, -0.25) is 10.1 Å². The Labute approximate surface area is 110 Å². The molecule has 2 N–H and O–H groups in total. The minimum Gasteiger partial charge on any atom is -0.480 e. The second-order valence-corrected chi connectivity index (χ2v) is 4.93. The van der Waals surface area contributed by atoms with E-state index < -0.39 is 12.0 Å². The summed E-state index contributed by atoms with van der Waals surface area (Å²) in [4.78, 5) is 27.8. The van der Waals surface area contributed by atoms with Gasteiger partial charge in [0.1, 0.15) is 6.54 Å². The third-order valence-corrected chi connectivity index (χ3v) is 3.10. The van der Waals surface area contributed by atoms with Crippen LogP contribution in [0.15, 0.2) is 5.38 Å². The number of amides is 2. The van der Waals surface area contributed by atoms with Crippen LogP contribution in [0.25, 0.3) is 0 Å².